The van der Waals surface area contributed by atoms with Gasteiger partial charge in [-0.2, -0.15) is 0 Å². The van der Waals surface area contributed by atoms with Gasteiger partial charge in [-0.1, -0.05) is 0 Å². The molecule has 3 unspecified atom stereocenters. The van der Waals surface area contributed by atoms with Crippen molar-refractivity contribution in [2.75, 3.05) is 19.6 Å². The Morgan fingerprint density at radius 2 is 1.52 bits per heavy atom. The number of hydrogen-bond acceptors (Lipinski definition) is 3. The Hall–Kier alpha value is -0.810. The molecule has 3 heterocycles. The molecule has 29 heavy (non-hydrogen) atoms. The van der Waals surface area contributed by atoms with E-state index in [0.29, 0.717) is 18.0 Å². The van der Waals surface area contributed by atoms with E-state index in [-0.39, 0.29) is 29.8 Å². The highest BCUT2D eigenvalue weighted by Gasteiger charge is 2.57. The van der Waals surface area contributed by atoms with Gasteiger partial charge in [0.25, 0.3) is 0 Å². The van der Waals surface area contributed by atoms with Crippen LogP contribution < -0.4 is 5.32 Å². The summed E-state index contributed by atoms with van der Waals surface area (Å²) in [6.07, 6.45) is 12.6. The van der Waals surface area contributed by atoms with Crippen LogP contribution in [0.4, 0.5) is 0 Å². The van der Waals surface area contributed by atoms with E-state index in [4.69, 9.17) is 0 Å². The summed E-state index contributed by atoms with van der Waals surface area (Å²) in [7, 11) is 0. The molecular weight excluding hydrogens is 386 g/mol. The van der Waals surface area contributed by atoms with Crippen molar-refractivity contribution in [3.63, 3.8) is 0 Å². The summed E-state index contributed by atoms with van der Waals surface area (Å²) in [5.41, 5.74) is -0.114. The van der Waals surface area contributed by atoms with Gasteiger partial charge in [-0.3, -0.25) is 9.59 Å². The molecule has 0 radical (unpaired) electrons. The van der Waals surface area contributed by atoms with Crippen molar-refractivity contribution in [2.24, 2.45) is 23.2 Å². The number of carbonyl (C=O) groups is 2. The van der Waals surface area contributed by atoms with Gasteiger partial charge in [-0.15, -0.1) is 12.4 Å². The molecule has 7 rings (SSSR count). The fraction of sp³-hybridized carbons (Fsp3) is 0.913. The van der Waals surface area contributed by atoms with Crippen molar-refractivity contribution >= 4 is 24.2 Å². The van der Waals surface area contributed by atoms with Crippen LogP contribution in [0.3, 0.4) is 0 Å². The molecule has 4 aliphatic carbocycles. The molecule has 0 aromatic carbocycles. The lowest BCUT2D eigenvalue weighted by Gasteiger charge is -2.56. The molecule has 2 amide bonds. The van der Waals surface area contributed by atoms with Crippen LogP contribution in [0, 0.1) is 23.2 Å². The Balaban J connectivity index is 0.00000181. The van der Waals surface area contributed by atoms with Crippen LogP contribution in [0.25, 0.3) is 0 Å². The van der Waals surface area contributed by atoms with Crippen LogP contribution in [0.1, 0.15) is 70.6 Å². The molecule has 1 N–H and O–H groups in total. The molecule has 4 saturated carbocycles. The molecule has 5 nitrogen and oxygen atoms in total. The summed E-state index contributed by atoms with van der Waals surface area (Å²) in [6, 6.07) is 0.559. The number of rotatable bonds is 2. The maximum Gasteiger partial charge on any atom is 0.245 e. The maximum absolute atomic E-state index is 13.9. The molecule has 3 saturated heterocycles. The average molecular weight is 422 g/mol. The van der Waals surface area contributed by atoms with E-state index in [1.165, 1.54) is 19.3 Å². The molecule has 0 aromatic heterocycles. The zero-order valence-electron chi connectivity index (χ0n) is 17.5. The third-order valence-corrected chi connectivity index (χ3v) is 9.20. The third kappa shape index (κ3) is 3.13. The first kappa shape index (κ1) is 20.1. The van der Waals surface area contributed by atoms with Gasteiger partial charge in [0.05, 0.1) is 5.41 Å². The summed E-state index contributed by atoms with van der Waals surface area (Å²) in [6.45, 7) is 2.75. The minimum absolute atomic E-state index is 0. The molecule has 7 aliphatic rings. The summed E-state index contributed by atoms with van der Waals surface area (Å²) >= 11 is 0. The van der Waals surface area contributed by atoms with Crippen LogP contribution in [0.15, 0.2) is 0 Å². The Morgan fingerprint density at radius 1 is 0.862 bits per heavy atom. The number of carbonyl (C=O) groups excluding carboxylic acids is 2. The number of halogens is 1. The molecule has 6 heteroatoms. The lowest BCUT2D eigenvalue weighted by molar-refractivity contribution is -0.162. The number of likely N-dealkylation sites (tertiary alicyclic amines) is 1. The smallest absolute Gasteiger partial charge is 0.245 e. The van der Waals surface area contributed by atoms with E-state index in [0.717, 1.165) is 88.8 Å². The van der Waals surface area contributed by atoms with Crippen LogP contribution in [-0.4, -0.2) is 59.4 Å². The van der Waals surface area contributed by atoms with Crippen molar-refractivity contribution in [1.82, 2.24) is 15.1 Å². The van der Waals surface area contributed by atoms with Gasteiger partial charge in [-0.05, 0) is 94.9 Å². The average Bonchev–Trinajstić information content (AvgIpc) is 3.23. The van der Waals surface area contributed by atoms with E-state index in [9.17, 15) is 9.59 Å². The maximum atomic E-state index is 13.9. The number of nitrogens with one attached hydrogen (secondary N) is 1. The van der Waals surface area contributed by atoms with Gasteiger partial charge in [0, 0.05) is 25.2 Å². The van der Waals surface area contributed by atoms with E-state index in [1.807, 2.05) is 0 Å². The fourth-order valence-electron chi connectivity index (χ4n) is 8.46. The SMILES string of the molecule is Cl.O=C(C1CCCN1C(=O)C12CC3CC(CC(C3)C1)C2)N1C2CCNCC1CC2. The minimum atomic E-state index is -0.179. The summed E-state index contributed by atoms with van der Waals surface area (Å²) in [5.74, 6) is 2.97. The standard InChI is InChI=1S/C23H35N3O2.ClH/c27-21(26-18-3-4-19(26)14-24-6-5-18)20-2-1-7-25(20)22(28)23-11-15-8-16(12-23)10-17(9-15)13-23;/h15-20,24H,1-14H2;1H. The predicted octanol–water partition coefficient (Wildman–Crippen LogP) is 2.97. The van der Waals surface area contributed by atoms with Gasteiger partial charge in [0.2, 0.25) is 11.8 Å². The molecule has 0 aromatic rings. The largest absolute Gasteiger partial charge is 0.334 e. The molecule has 162 valence electrons. The van der Waals surface area contributed by atoms with Crippen molar-refractivity contribution in [2.45, 2.75) is 88.8 Å². The molecule has 7 fully saturated rings. The number of amides is 2. The number of nitrogens with zero attached hydrogens (tertiary/aromatic N) is 2. The van der Waals surface area contributed by atoms with Gasteiger partial charge >= 0.3 is 0 Å². The Kier molecular flexibility index (Phi) is 5.13. The van der Waals surface area contributed by atoms with Crippen LogP contribution in [0.2, 0.25) is 0 Å². The third-order valence-electron chi connectivity index (χ3n) is 9.20. The quantitative estimate of drug-likeness (QED) is 0.745. The van der Waals surface area contributed by atoms with Crippen molar-refractivity contribution in [1.29, 1.82) is 0 Å². The van der Waals surface area contributed by atoms with E-state index < -0.39 is 0 Å². The Labute approximate surface area is 180 Å². The normalized spacial score (nSPS) is 45.2. The van der Waals surface area contributed by atoms with Gasteiger partial charge < -0.3 is 15.1 Å². The first-order chi connectivity index (χ1) is 13.6. The monoisotopic (exact) mass is 421 g/mol. The topological polar surface area (TPSA) is 52.7 Å². The summed E-state index contributed by atoms with van der Waals surface area (Å²) < 4.78 is 0. The highest BCUT2D eigenvalue weighted by molar-refractivity contribution is 5.91. The van der Waals surface area contributed by atoms with Crippen LogP contribution in [-0.2, 0) is 9.59 Å². The molecule has 0 spiro atoms. The van der Waals surface area contributed by atoms with E-state index >= 15 is 0 Å². The fourth-order valence-corrected chi connectivity index (χ4v) is 8.46. The van der Waals surface area contributed by atoms with Gasteiger partial charge in [-0.25, -0.2) is 0 Å². The first-order valence-corrected chi connectivity index (χ1v) is 12.0. The zero-order chi connectivity index (χ0) is 18.9. The Morgan fingerprint density at radius 3 is 2.21 bits per heavy atom. The lowest BCUT2D eigenvalue weighted by atomic mass is 9.49. The van der Waals surface area contributed by atoms with Crippen molar-refractivity contribution < 1.29 is 9.59 Å². The molecule has 3 atom stereocenters. The second-order valence-electron chi connectivity index (χ2n) is 11.0. The van der Waals surface area contributed by atoms with E-state index in [2.05, 4.69) is 15.1 Å². The van der Waals surface area contributed by atoms with Crippen molar-refractivity contribution in [3.05, 3.63) is 0 Å². The number of fused-ring (bicyclic) bond motifs is 2. The lowest BCUT2D eigenvalue weighted by Crippen LogP contribution is -2.58. The molecule has 3 aliphatic heterocycles. The molecular formula is C23H36ClN3O2. The second-order valence-corrected chi connectivity index (χ2v) is 11.0. The highest BCUT2D eigenvalue weighted by atomic mass is 35.5. The minimum Gasteiger partial charge on any atom is -0.334 e. The second kappa shape index (κ2) is 7.40. The van der Waals surface area contributed by atoms with Gasteiger partial charge in [0.15, 0.2) is 0 Å². The first-order valence-electron chi connectivity index (χ1n) is 12.0. The highest BCUT2D eigenvalue weighted by Crippen LogP contribution is 2.60. The predicted molar refractivity (Wildman–Crippen MR) is 114 cm³/mol. The van der Waals surface area contributed by atoms with Crippen molar-refractivity contribution in [3.8, 4) is 0 Å². The zero-order valence-corrected chi connectivity index (χ0v) is 18.3. The summed E-state index contributed by atoms with van der Waals surface area (Å²) in [4.78, 5) is 31.8. The van der Waals surface area contributed by atoms with Crippen LogP contribution >= 0.6 is 12.4 Å². The van der Waals surface area contributed by atoms with Crippen LogP contribution in [0.5, 0.6) is 0 Å². The summed E-state index contributed by atoms with van der Waals surface area (Å²) in [5, 5.41) is 3.50. The molecule has 6 bridgehead atoms. The van der Waals surface area contributed by atoms with E-state index in [1.54, 1.807) is 0 Å². The van der Waals surface area contributed by atoms with Gasteiger partial charge in [0.1, 0.15) is 6.04 Å². The number of hydrogen-bond donors (Lipinski definition) is 1. The Bertz CT molecular complexity index is 634.